The van der Waals surface area contributed by atoms with Gasteiger partial charge in [0.25, 0.3) is 0 Å². The van der Waals surface area contributed by atoms with Gasteiger partial charge in [-0.15, -0.1) is 24.0 Å². The van der Waals surface area contributed by atoms with E-state index in [1.54, 1.807) is 13.2 Å². The lowest BCUT2D eigenvalue weighted by Gasteiger charge is -2.25. The first-order chi connectivity index (χ1) is 9.61. The maximum absolute atomic E-state index is 4.26. The van der Waals surface area contributed by atoms with Crippen LogP contribution in [0.5, 0.6) is 0 Å². The van der Waals surface area contributed by atoms with Gasteiger partial charge in [0.1, 0.15) is 0 Å². The molecule has 1 aromatic heterocycles. The fourth-order valence-corrected chi connectivity index (χ4v) is 2.20. The van der Waals surface area contributed by atoms with Gasteiger partial charge < -0.3 is 10.6 Å². The lowest BCUT2D eigenvalue weighted by atomic mass is 10.3. The Kier molecular flexibility index (Phi) is 7.44. The summed E-state index contributed by atoms with van der Waals surface area (Å²) in [4.78, 5) is 6.70. The molecule has 2 N–H and O–H groups in total. The molecule has 21 heavy (non-hydrogen) atoms. The van der Waals surface area contributed by atoms with E-state index in [9.17, 15) is 0 Å². The highest BCUT2D eigenvalue weighted by Gasteiger charge is 2.28. The smallest absolute Gasteiger partial charge is 0.191 e. The number of aromatic nitrogens is 2. The molecule has 1 aliphatic rings. The van der Waals surface area contributed by atoms with Crippen molar-refractivity contribution in [2.45, 2.75) is 38.4 Å². The molecule has 0 spiro atoms. The molecule has 0 bridgehead atoms. The fraction of sp³-hybridized carbons (Fsp3) is 0.714. The van der Waals surface area contributed by atoms with Gasteiger partial charge >= 0.3 is 0 Å². The minimum atomic E-state index is 0. The molecular formula is C14H27IN6. The number of nitrogens with zero attached hydrogens (tertiary/aromatic N) is 4. The second kappa shape index (κ2) is 8.57. The summed E-state index contributed by atoms with van der Waals surface area (Å²) in [5, 5.41) is 10.8. The van der Waals surface area contributed by atoms with Crippen molar-refractivity contribution in [3.63, 3.8) is 0 Å². The van der Waals surface area contributed by atoms with E-state index in [-0.39, 0.29) is 24.0 Å². The van der Waals surface area contributed by atoms with Crippen LogP contribution in [0.4, 0.5) is 0 Å². The van der Waals surface area contributed by atoms with Gasteiger partial charge in [-0.3, -0.25) is 14.6 Å². The summed E-state index contributed by atoms with van der Waals surface area (Å²) in [6.07, 6.45) is 4.49. The van der Waals surface area contributed by atoms with Crippen molar-refractivity contribution in [2.24, 2.45) is 12.0 Å². The quantitative estimate of drug-likeness (QED) is 0.424. The van der Waals surface area contributed by atoms with Gasteiger partial charge in [0.15, 0.2) is 5.96 Å². The zero-order valence-corrected chi connectivity index (χ0v) is 15.7. The largest absolute Gasteiger partial charge is 0.355 e. The highest BCUT2D eigenvalue weighted by Crippen LogP contribution is 2.26. The number of halogens is 1. The molecule has 1 heterocycles. The molecule has 1 aromatic rings. The Morgan fingerprint density at radius 1 is 1.52 bits per heavy atom. The number of guanidine groups is 1. The Morgan fingerprint density at radius 2 is 2.24 bits per heavy atom. The topological polar surface area (TPSA) is 57.5 Å². The van der Waals surface area contributed by atoms with Gasteiger partial charge in [0, 0.05) is 38.9 Å². The Balaban J connectivity index is 0.00000220. The lowest BCUT2D eigenvalue weighted by molar-refractivity contribution is 0.247. The van der Waals surface area contributed by atoms with Gasteiger partial charge in [-0.05, 0) is 32.9 Å². The standard InChI is InChI=1S/C14H26N6.HI/c1-11(19(3)12-5-6-12)9-16-14(15-2)17-10-13-7-8-18-20(13)4;/h7-8,11-12H,5-6,9-10H2,1-4H3,(H2,15,16,17);1H. The van der Waals surface area contributed by atoms with Crippen LogP contribution in [-0.4, -0.2) is 53.4 Å². The fourth-order valence-electron chi connectivity index (χ4n) is 2.20. The molecule has 0 amide bonds. The van der Waals surface area contributed by atoms with Gasteiger partial charge in [0.2, 0.25) is 0 Å². The average Bonchev–Trinajstić information content (AvgIpc) is 3.22. The van der Waals surface area contributed by atoms with Crippen LogP contribution in [0.25, 0.3) is 0 Å². The highest BCUT2D eigenvalue weighted by atomic mass is 127. The summed E-state index contributed by atoms with van der Waals surface area (Å²) >= 11 is 0. The van der Waals surface area contributed by atoms with Crippen LogP contribution < -0.4 is 10.6 Å². The average molecular weight is 406 g/mol. The van der Waals surface area contributed by atoms with Gasteiger partial charge in [-0.25, -0.2) is 0 Å². The molecule has 0 radical (unpaired) electrons. The van der Waals surface area contributed by atoms with E-state index in [1.807, 2.05) is 17.8 Å². The van der Waals surface area contributed by atoms with E-state index in [1.165, 1.54) is 12.8 Å². The SMILES string of the molecule is CN=C(NCc1ccnn1C)NCC(C)N(C)C1CC1.I. The van der Waals surface area contributed by atoms with Crippen LogP contribution in [0.2, 0.25) is 0 Å². The molecule has 6 nitrogen and oxygen atoms in total. The summed E-state index contributed by atoms with van der Waals surface area (Å²) in [5.74, 6) is 0.835. The van der Waals surface area contributed by atoms with E-state index >= 15 is 0 Å². The zero-order chi connectivity index (χ0) is 14.5. The Morgan fingerprint density at radius 3 is 2.76 bits per heavy atom. The third-order valence-electron chi connectivity index (χ3n) is 3.97. The Labute approximate surface area is 144 Å². The number of aryl methyl sites for hydroxylation is 1. The Bertz CT molecular complexity index is 454. The lowest BCUT2D eigenvalue weighted by Crippen LogP contribution is -2.45. The molecule has 1 atom stereocenters. The minimum absolute atomic E-state index is 0. The maximum Gasteiger partial charge on any atom is 0.191 e. The second-order valence-electron chi connectivity index (χ2n) is 5.50. The Hall–Kier alpha value is -0.830. The van der Waals surface area contributed by atoms with Crippen molar-refractivity contribution >= 4 is 29.9 Å². The van der Waals surface area contributed by atoms with E-state index in [0.717, 1.165) is 30.8 Å². The third-order valence-corrected chi connectivity index (χ3v) is 3.97. The van der Waals surface area contributed by atoms with E-state index in [2.05, 4.69) is 39.6 Å². The van der Waals surface area contributed by atoms with Crippen molar-refractivity contribution in [1.29, 1.82) is 0 Å². The molecule has 7 heteroatoms. The summed E-state index contributed by atoms with van der Waals surface area (Å²) in [6.45, 7) is 3.88. The van der Waals surface area contributed by atoms with Crippen LogP contribution in [0, 0.1) is 0 Å². The normalized spacial score (nSPS) is 16.5. The molecule has 2 rings (SSSR count). The van der Waals surface area contributed by atoms with Gasteiger partial charge in [0.05, 0.1) is 12.2 Å². The number of hydrogen-bond acceptors (Lipinski definition) is 3. The van der Waals surface area contributed by atoms with Gasteiger partial charge in [-0.2, -0.15) is 5.10 Å². The number of hydrogen-bond donors (Lipinski definition) is 2. The first-order valence-corrected chi connectivity index (χ1v) is 7.25. The van der Waals surface area contributed by atoms with E-state index in [0.29, 0.717) is 6.04 Å². The molecule has 1 saturated carbocycles. The third kappa shape index (κ3) is 5.46. The second-order valence-corrected chi connectivity index (χ2v) is 5.50. The predicted molar refractivity (Wildman–Crippen MR) is 97.1 cm³/mol. The molecule has 1 fully saturated rings. The van der Waals surface area contributed by atoms with E-state index < -0.39 is 0 Å². The molecule has 0 saturated heterocycles. The van der Waals surface area contributed by atoms with Crippen molar-refractivity contribution in [2.75, 3.05) is 20.6 Å². The molecule has 120 valence electrons. The number of rotatable bonds is 6. The molecule has 1 aliphatic carbocycles. The summed E-state index contributed by atoms with van der Waals surface area (Å²) in [5.41, 5.74) is 1.14. The zero-order valence-electron chi connectivity index (χ0n) is 13.3. The van der Waals surface area contributed by atoms with Crippen molar-refractivity contribution in [3.05, 3.63) is 18.0 Å². The molecule has 0 aliphatic heterocycles. The van der Waals surface area contributed by atoms with Crippen LogP contribution in [0.15, 0.2) is 17.3 Å². The molecule has 1 unspecified atom stereocenters. The van der Waals surface area contributed by atoms with Crippen molar-refractivity contribution < 1.29 is 0 Å². The highest BCUT2D eigenvalue weighted by molar-refractivity contribution is 14.0. The summed E-state index contributed by atoms with van der Waals surface area (Å²) in [7, 11) is 5.95. The number of nitrogens with one attached hydrogen (secondary N) is 2. The van der Waals surface area contributed by atoms with Gasteiger partial charge in [-0.1, -0.05) is 0 Å². The van der Waals surface area contributed by atoms with E-state index in [4.69, 9.17) is 0 Å². The van der Waals surface area contributed by atoms with Crippen LogP contribution >= 0.6 is 24.0 Å². The minimum Gasteiger partial charge on any atom is -0.355 e. The first kappa shape index (κ1) is 18.2. The van der Waals surface area contributed by atoms with Crippen molar-refractivity contribution in [3.8, 4) is 0 Å². The molecular weight excluding hydrogens is 379 g/mol. The predicted octanol–water partition coefficient (Wildman–Crippen LogP) is 1.19. The van der Waals surface area contributed by atoms with Crippen LogP contribution in [0.1, 0.15) is 25.5 Å². The van der Waals surface area contributed by atoms with Crippen molar-refractivity contribution in [1.82, 2.24) is 25.3 Å². The monoisotopic (exact) mass is 406 g/mol. The van der Waals surface area contributed by atoms with Crippen LogP contribution in [-0.2, 0) is 13.6 Å². The first-order valence-electron chi connectivity index (χ1n) is 7.25. The van der Waals surface area contributed by atoms with Crippen LogP contribution in [0.3, 0.4) is 0 Å². The summed E-state index contributed by atoms with van der Waals surface area (Å²) in [6, 6.07) is 3.30. The maximum atomic E-state index is 4.26. The summed E-state index contributed by atoms with van der Waals surface area (Å²) < 4.78 is 1.86. The molecule has 0 aromatic carbocycles. The number of aliphatic imine (C=N–C) groups is 1. The number of likely N-dealkylation sites (N-methyl/N-ethyl adjacent to an activating group) is 1.